The van der Waals surface area contributed by atoms with Crippen LogP contribution < -0.4 is 5.32 Å². The number of aromatic nitrogens is 3. The highest BCUT2D eigenvalue weighted by molar-refractivity contribution is 5.89. The summed E-state index contributed by atoms with van der Waals surface area (Å²) >= 11 is 0. The van der Waals surface area contributed by atoms with Gasteiger partial charge in [-0.2, -0.15) is 5.26 Å². The fraction of sp³-hybridized carbons (Fsp3) is 0.300. The number of fused-ring (bicyclic) bond motifs is 1. The van der Waals surface area contributed by atoms with Crippen molar-refractivity contribution in [3.05, 3.63) is 54.1 Å². The molecule has 1 aliphatic heterocycles. The Morgan fingerprint density at radius 1 is 1.33 bits per heavy atom. The highest BCUT2D eigenvalue weighted by Crippen LogP contribution is 2.22. The average Bonchev–Trinajstić information content (AvgIpc) is 3.11. The second-order valence-electron chi connectivity index (χ2n) is 6.83. The van der Waals surface area contributed by atoms with Gasteiger partial charge < -0.3 is 15.2 Å². The molecular weight excluding hydrogens is 340 g/mol. The number of urea groups is 1. The molecule has 0 bridgehead atoms. The Morgan fingerprint density at radius 3 is 3.00 bits per heavy atom. The van der Waals surface area contributed by atoms with Crippen molar-refractivity contribution >= 4 is 22.8 Å². The van der Waals surface area contributed by atoms with Crippen LogP contribution in [0.5, 0.6) is 0 Å². The van der Waals surface area contributed by atoms with Crippen LogP contribution in [0, 0.1) is 17.2 Å². The van der Waals surface area contributed by atoms with Crippen LogP contribution in [0.15, 0.2) is 42.6 Å². The Labute approximate surface area is 157 Å². The van der Waals surface area contributed by atoms with Gasteiger partial charge in [-0.25, -0.2) is 14.8 Å². The molecule has 3 heterocycles. The fourth-order valence-corrected chi connectivity index (χ4v) is 3.53. The number of amides is 2. The molecule has 1 aromatic carbocycles. The maximum absolute atomic E-state index is 12.6. The second-order valence-corrected chi connectivity index (χ2v) is 6.83. The first-order valence-corrected chi connectivity index (χ1v) is 9.07. The average molecular weight is 360 g/mol. The van der Waals surface area contributed by atoms with Crippen LogP contribution in [-0.4, -0.2) is 39.0 Å². The van der Waals surface area contributed by atoms with Gasteiger partial charge in [-0.3, -0.25) is 0 Å². The highest BCUT2D eigenvalue weighted by Gasteiger charge is 2.24. The number of imidazole rings is 1. The van der Waals surface area contributed by atoms with Crippen LogP contribution in [-0.2, 0) is 6.42 Å². The number of carbonyl (C=O) groups is 1. The molecule has 3 aromatic rings. The highest BCUT2D eigenvalue weighted by atomic mass is 16.2. The number of rotatable bonds is 3. The molecular formula is C20H20N6O. The zero-order valence-electron chi connectivity index (χ0n) is 14.9. The Bertz CT molecular complexity index is 955. The number of piperidine rings is 1. The summed E-state index contributed by atoms with van der Waals surface area (Å²) in [7, 11) is 0. The van der Waals surface area contributed by atoms with Crippen LogP contribution in [0.25, 0.3) is 11.0 Å². The van der Waals surface area contributed by atoms with Gasteiger partial charge in [0.05, 0.1) is 22.9 Å². The van der Waals surface area contributed by atoms with Crippen molar-refractivity contribution in [2.75, 3.05) is 18.4 Å². The smallest absolute Gasteiger partial charge is 0.321 e. The first-order chi connectivity index (χ1) is 13.2. The number of pyridine rings is 1. The van der Waals surface area contributed by atoms with Crippen LogP contribution >= 0.6 is 0 Å². The molecule has 0 unspecified atom stereocenters. The van der Waals surface area contributed by atoms with E-state index in [1.54, 1.807) is 12.1 Å². The van der Waals surface area contributed by atoms with Crippen molar-refractivity contribution in [2.45, 2.75) is 19.3 Å². The van der Waals surface area contributed by atoms with Crippen molar-refractivity contribution in [1.82, 2.24) is 19.9 Å². The lowest BCUT2D eigenvalue weighted by atomic mass is 9.95. The fourth-order valence-electron chi connectivity index (χ4n) is 3.53. The maximum atomic E-state index is 12.6. The number of nitriles is 1. The molecule has 0 saturated carbocycles. The summed E-state index contributed by atoms with van der Waals surface area (Å²) in [6, 6.07) is 13.1. The van der Waals surface area contributed by atoms with Gasteiger partial charge in [-0.05, 0) is 43.0 Å². The molecule has 2 aromatic heterocycles. The van der Waals surface area contributed by atoms with E-state index in [9.17, 15) is 4.79 Å². The lowest BCUT2D eigenvalue weighted by Gasteiger charge is -2.32. The van der Waals surface area contributed by atoms with E-state index in [0.29, 0.717) is 23.8 Å². The van der Waals surface area contributed by atoms with Gasteiger partial charge in [0, 0.05) is 19.5 Å². The van der Waals surface area contributed by atoms with E-state index in [1.165, 1.54) is 6.20 Å². The summed E-state index contributed by atoms with van der Waals surface area (Å²) < 4.78 is 0. The minimum Gasteiger partial charge on any atom is -0.342 e. The Hall–Kier alpha value is -3.40. The standard InChI is InChI=1S/C20H20N6O/c21-11-15-7-8-16(12-22-15)23-20(27)26-9-3-4-14(13-26)10-19-24-17-5-1-2-6-18(17)25-19/h1-2,5-8,12,14H,3-4,9-10,13H2,(H,23,27)(H,24,25)/t14-/m1/s1. The minimum atomic E-state index is -0.129. The molecule has 136 valence electrons. The number of nitrogens with zero attached hydrogens (tertiary/aromatic N) is 4. The zero-order chi connectivity index (χ0) is 18.6. The molecule has 2 N–H and O–H groups in total. The first-order valence-electron chi connectivity index (χ1n) is 9.07. The summed E-state index contributed by atoms with van der Waals surface area (Å²) in [5, 5.41) is 11.7. The molecule has 0 radical (unpaired) electrons. The lowest BCUT2D eigenvalue weighted by molar-refractivity contribution is 0.176. The number of hydrogen-bond acceptors (Lipinski definition) is 4. The van der Waals surface area contributed by atoms with Crippen LogP contribution in [0.4, 0.5) is 10.5 Å². The number of benzene rings is 1. The first kappa shape index (κ1) is 17.0. The molecule has 7 nitrogen and oxygen atoms in total. The molecule has 27 heavy (non-hydrogen) atoms. The van der Waals surface area contributed by atoms with E-state index in [-0.39, 0.29) is 6.03 Å². The van der Waals surface area contributed by atoms with Gasteiger partial charge in [-0.15, -0.1) is 0 Å². The van der Waals surface area contributed by atoms with Crippen molar-refractivity contribution in [1.29, 1.82) is 5.26 Å². The lowest BCUT2D eigenvalue weighted by Crippen LogP contribution is -2.42. The molecule has 4 rings (SSSR count). The molecule has 1 saturated heterocycles. The third kappa shape index (κ3) is 3.90. The summed E-state index contributed by atoms with van der Waals surface area (Å²) in [6.45, 7) is 1.44. The number of aromatic amines is 1. The van der Waals surface area contributed by atoms with E-state index < -0.39 is 0 Å². The number of likely N-dealkylation sites (tertiary alicyclic amines) is 1. The topological polar surface area (TPSA) is 97.7 Å². The van der Waals surface area contributed by atoms with Crippen molar-refractivity contribution in [3.63, 3.8) is 0 Å². The number of H-pyrrole nitrogens is 1. The zero-order valence-corrected chi connectivity index (χ0v) is 14.9. The molecule has 7 heteroatoms. The molecule has 1 atom stereocenters. The monoisotopic (exact) mass is 360 g/mol. The van der Waals surface area contributed by atoms with Gasteiger partial charge in [0.1, 0.15) is 17.6 Å². The summed E-state index contributed by atoms with van der Waals surface area (Å²) in [5.74, 6) is 1.35. The van der Waals surface area contributed by atoms with Crippen molar-refractivity contribution in [2.24, 2.45) is 5.92 Å². The van der Waals surface area contributed by atoms with E-state index in [1.807, 2.05) is 35.2 Å². The number of nitrogens with one attached hydrogen (secondary N) is 2. The number of para-hydroxylation sites is 2. The summed E-state index contributed by atoms with van der Waals surface area (Å²) in [4.78, 5) is 26.4. The largest absolute Gasteiger partial charge is 0.342 e. The Kier molecular flexibility index (Phi) is 4.71. The van der Waals surface area contributed by atoms with E-state index in [4.69, 9.17) is 5.26 Å². The third-order valence-electron chi connectivity index (χ3n) is 4.86. The van der Waals surface area contributed by atoms with Gasteiger partial charge in [-0.1, -0.05) is 12.1 Å². The molecule has 0 aliphatic carbocycles. The minimum absolute atomic E-state index is 0.129. The van der Waals surface area contributed by atoms with Crippen molar-refractivity contribution < 1.29 is 4.79 Å². The van der Waals surface area contributed by atoms with E-state index in [0.717, 1.165) is 42.7 Å². The predicted molar refractivity (Wildman–Crippen MR) is 102 cm³/mol. The number of hydrogen-bond donors (Lipinski definition) is 2. The van der Waals surface area contributed by atoms with Gasteiger partial charge in [0.2, 0.25) is 0 Å². The van der Waals surface area contributed by atoms with Crippen LogP contribution in [0.2, 0.25) is 0 Å². The van der Waals surface area contributed by atoms with E-state index >= 15 is 0 Å². The second kappa shape index (κ2) is 7.46. The van der Waals surface area contributed by atoms with Gasteiger partial charge >= 0.3 is 6.03 Å². The van der Waals surface area contributed by atoms with Crippen molar-refractivity contribution in [3.8, 4) is 6.07 Å². The maximum Gasteiger partial charge on any atom is 0.321 e. The Morgan fingerprint density at radius 2 is 2.22 bits per heavy atom. The molecule has 2 amide bonds. The SMILES string of the molecule is N#Cc1ccc(NC(=O)N2CCC[C@H](Cc3nc4ccccc4[nH]3)C2)cn1. The number of anilines is 1. The quantitative estimate of drug-likeness (QED) is 0.748. The third-order valence-corrected chi connectivity index (χ3v) is 4.86. The molecule has 1 fully saturated rings. The van der Waals surface area contributed by atoms with E-state index in [2.05, 4.69) is 20.3 Å². The Balaban J connectivity index is 1.38. The van der Waals surface area contributed by atoms with Crippen LogP contribution in [0.3, 0.4) is 0 Å². The van der Waals surface area contributed by atoms with Crippen LogP contribution in [0.1, 0.15) is 24.4 Å². The predicted octanol–water partition coefficient (Wildman–Crippen LogP) is 3.32. The normalized spacial score (nSPS) is 16.9. The van der Waals surface area contributed by atoms with Gasteiger partial charge in [0.15, 0.2) is 0 Å². The van der Waals surface area contributed by atoms with Gasteiger partial charge in [0.25, 0.3) is 0 Å². The molecule has 0 spiro atoms. The number of carbonyl (C=O) groups excluding carboxylic acids is 1. The molecule has 1 aliphatic rings. The summed E-state index contributed by atoms with van der Waals surface area (Å²) in [6.07, 6.45) is 4.40. The summed E-state index contributed by atoms with van der Waals surface area (Å²) in [5.41, 5.74) is 2.95.